The molecule has 3 aromatic rings. The third-order valence-corrected chi connectivity index (χ3v) is 3.71. The predicted molar refractivity (Wildman–Crippen MR) is 82.5 cm³/mol. The van der Waals surface area contributed by atoms with Crippen molar-refractivity contribution < 1.29 is 9.47 Å². The first-order valence-corrected chi connectivity index (χ1v) is 6.95. The largest absolute Gasteiger partial charge is 0.493 e. The lowest BCUT2D eigenvalue weighted by molar-refractivity contribution is 0.355. The Balaban J connectivity index is 2.01. The molecule has 0 radical (unpaired) electrons. The van der Waals surface area contributed by atoms with Gasteiger partial charge in [-0.3, -0.25) is 4.68 Å². The van der Waals surface area contributed by atoms with E-state index in [1.165, 1.54) is 0 Å². The molecule has 0 amide bonds. The third-order valence-electron chi connectivity index (χ3n) is 3.39. The molecule has 0 unspecified atom stereocenters. The highest BCUT2D eigenvalue weighted by Gasteiger charge is 2.11. The smallest absolute Gasteiger partial charge is 0.178 e. The molecule has 0 aliphatic carbocycles. The molecule has 110 valence electrons. The zero-order valence-corrected chi connectivity index (χ0v) is 12.7. The fourth-order valence-corrected chi connectivity index (χ4v) is 2.64. The highest BCUT2D eigenvalue weighted by molar-refractivity contribution is 7.71. The van der Waals surface area contributed by atoms with Crippen molar-refractivity contribution in [3.63, 3.8) is 0 Å². The van der Waals surface area contributed by atoms with E-state index < -0.39 is 0 Å². The number of H-pyrrole nitrogens is 1. The van der Waals surface area contributed by atoms with E-state index in [-0.39, 0.29) is 0 Å². The van der Waals surface area contributed by atoms with Crippen LogP contribution in [-0.4, -0.2) is 33.6 Å². The summed E-state index contributed by atoms with van der Waals surface area (Å²) in [4.78, 5) is 3.20. The van der Waals surface area contributed by atoms with Crippen LogP contribution in [0, 0.1) is 4.77 Å². The number of benzene rings is 1. The fraction of sp³-hybridized carbons (Fsp3) is 0.286. The number of hydrogen-bond acceptors (Lipinski definition) is 4. The van der Waals surface area contributed by atoms with E-state index in [9.17, 15) is 0 Å². The lowest BCUT2D eigenvalue weighted by Crippen LogP contribution is -2.07. The third kappa shape index (κ3) is 2.52. The summed E-state index contributed by atoms with van der Waals surface area (Å²) in [6.45, 7) is 1.48. The van der Waals surface area contributed by atoms with Gasteiger partial charge in [0, 0.05) is 31.1 Å². The maximum absolute atomic E-state index is 5.40. The van der Waals surface area contributed by atoms with Gasteiger partial charge in [0.2, 0.25) is 0 Å². The summed E-state index contributed by atoms with van der Waals surface area (Å²) in [5, 5.41) is 4.20. The van der Waals surface area contributed by atoms with Crippen LogP contribution in [0.3, 0.4) is 0 Å². The minimum Gasteiger partial charge on any atom is -0.493 e. The monoisotopic (exact) mass is 304 g/mol. The molecule has 0 fully saturated rings. The molecular formula is C14H16N4O2S. The Bertz CT molecular complexity index is 804. The van der Waals surface area contributed by atoms with Crippen LogP contribution in [0.25, 0.3) is 11.0 Å². The lowest BCUT2D eigenvalue weighted by Gasteiger charge is -2.09. The van der Waals surface area contributed by atoms with Crippen LogP contribution in [0.4, 0.5) is 0 Å². The van der Waals surface area contributed by atoms with Gasteiger partial charge in [-0.15, -0.1) is 0 Å². The number of aryl methyl sites for hydroxylation is 2. The number of hydrogen-bond donors (Lipinski definition) is 1. The van der Waals surface area contributed by atoms with Crippen molar-refractivity contribution in [3.05, 3.63) is 35.4 Å². The average Bonchev–Trinajstić information content (AvgIpc) is 3.10. The minimum atomic E-state index is 0.674. The van der Waals surface area contributed by atoms with Crippen LogP contribution in [-0.2, 0) is 13.1 Å². The molecule has 0 bridgehead atoms. The van der Waals surface area contributed by atoms with E-state index in [0.29, 0.717) is 16.3 Å². The van der Waals surface area contributed by atoms with Gasteiger partial charge < -0.3 is 19.0 Å². The summed E-state index contributed by atoms with van der Waals surface area (Å²) in [6, 6.07) is 5.74. The van der Waals surface area contributed by atoms with E-state index in [4.69, 9.17) is 21.7 Å². The van der Waals surface area contributed by atoms with E-state index in [2.05, 4.69) is 10.1 Å². The highest BCUT2D eigenvalue weighted by Crippen LogP contribution is 2.31. The molecule has 1 aromatic carbocycles. The Morgan fingerprint density at radius 3 is 2.62 bits per heavy atom. The molecule has 3 rings (SSSR count). The quantitative estimate of drug-likeness (QED) is 0.736. The van der Waals surface area contributed by atoms with E-state index in [1.54, 1.807) is 20.4 Å². The molecule has 0 aliphatic heterocycles. The fourth-order valence-electron chi connectivity index (χ4n) is 2.34. The molecule has 0 saturated heterocycles. The van der Waals surface area contributed by atoms with Gasteiger partial charge in [0.1, 0.15) is 0 Å². The second-order valence-electron chi connectivity index (χ2n) is 4.58. The van der Waals surface area contributed by atoms with Gasteiger partial charge in [0.05, 0.1) is 31.8 Å². The first kappa shape index (κ1) is 13.7. The van der Waals surface area contributed by atoms with Gasteiger partial charge in [0.25, 0.3) is 0 Å². The van der Waals surface area contributed by atoms with Crippen molar-refractivity contribution in [1.29, 1.82) is 0 Å². The Morgan fingerprint density at radius 2 is 1.95 bits per heavy atom. The summed E-state index contributed by atoms with van der Waals surface area (Å²) < 4.78 is 15.3. The molecule has 0 atom stereocenters. The number of imidazole rings is 1. The number of aromatic nitrogens is 4. The molecule has 7 heteroatoms. The topological polar surface area (TPSA) is 57.0 Å². The zero-order chi connectivity index (χ0) is 14.8. The number of methoxy groups -OCH3 is 2. The Morgan fingerprint density at radius 1 is 1.19 bits per heavy atom. The van der Waals surface area contributed by atoms with Crippen LogP contribution in [0.5, 0.6) is 11.5 Å². The molecular weight excluding hydrogens is 288 g/mol. The Labute approximate surface area is 126 Å². The van der Waals surface area contributed by atoms with Crippen LogP contribution < -0.4 is 9.47 Å². The summed E-state index contributed by atoms with van der Waals surface area (Å²) in [6.07, 6.45) is 3.70. The second kappa shape index (κ2) is 5.61. The number of rotatable bonds is 5. The standard InChI is InChI=1S/C14H16N4O2S/c1-19-12-8-10-11(9-13(12)20-2)18(14(21)16-10)7-6-17-5-3-4-15-17/h3-5,8-9H,6-7H2,1-2H3,(H,16,21). The number of nitrogens with zero attached hydrogens (tertiary/aromatic N) is 3. The zero-order valence-electron chi connectivity index (χ0n) is 11.9. The van der Waals surface area contributed by atoms with Crippen molar-refractivity contribution in [1.82, 2.24) is 19.3 Å². The van der Waals surface area contributed by atoms with Crippen molar-refractivity contribution in [2.24, 2.45) is 0 Å². The lowest BCUT2D eigenvalue weighted by atomic mass is 10.2. The number of nitrogens with one attached hydrogen (secondary N) is 1. The first-order chi connectivity index (χ1) is 10.2. The first-order valence-electron chi connectivity index (χ1n) is 6.55. The Hall–Kier alpha value is -2.28. The van der Waals surface area contributed by atoms with Crippen molar-refractivity contribution in [3.8, 4) is 11.5 Å². The van der Waals surface area contributed by atoms with Crippen LogP contribution in [0.15, 0.2) is 30.6 Å². The SMILES string of the molecule is COc1cc2[nH]c(=S)n(CCn3cccn3)c2cc1OC. The van der Waals surface area contributed by atoms with E-state index >= 15 is 0 Å². The normalized spacial score (nSPS) is 11.0. The Kier molecular flexibility index (Phi) is 3.66. The summed E-state index contributed by atoms with van der Waals surface area (Å²) in [5.41, 5.74) is 1.92. The number of aromatic amines is 1. The second-order valence-corrected chi connectivity index (χ2v) is 4.96. The van der Waals surface area contributed by atoms with Crippen molar-refractivity contribution >= 4 is 23.3 Å². The molecule has 0 aliphatic rings. The van der Waals surface area contributed by atoms with Gasteiger partial charge >= 0.3 is 0 Å². The maximum atomic E-state index is 5.40. The molecule has 0 saturated carbocycles. The van der Waals surface area contributed by atoms with Gasteiger partial charge in [-0.25, -0.2) is 0 Å². The van der Waals surface area contributed by atoms with Gasteiger partial charge in [-0.2, -0.15) is 5.10 Å². The molecule has 21 heavy (non-hydrogen) atoms. The molecule has 1 N–H and O–H groups in total. The van der Waals surface area contributed by atoms with E-state index in [1.807, 2.05) is 33.6 Å². The van der Waals surface area contributed by atoms with Gasteiger partial charge in [-0.1, -0.05) is 0 Å². The van der Waals surface area contributed by atoms with Crippen molar-refractivity contribution in [2.45, 2.75) is 13.1 Å². The molecule has 0 spiro atoms. The molecule has 2 heterocycles. The van der Waals surface area contributed by atoms with E-state index in [0.717, 1.165) is 24.1 Å². The van der Waals surface area contributed by atoms with Crippen LogP contribution >= 0.6 is 12.2 Å². The molecule has 6 nitrogen and oxygen atoms in total. The van der Waals surface area contributed by atoms with Gasteiger partial charge in [0.15, 0.2) is 16.3 Å². The van der Waals surface area contributed by atoms with Crippen LogP contribution in [0.1, 0.15) is 0 Å². The minimum absolute atomic E-state index is 0.674. The summed E-state index contributed by atoms with van der Waals surface area (Å²) in [5.74, 6) is 1.37. The van der Waals surface area contributed by atoms with Crippen molar-refractivity contribution in [2.75, 3.05) is 14.2 Å². The summed E-state index contributed by atoms with van der Waals surface area (Å²) >= 11 is 5.40. The number of ether oxygens (including phenoxy) is 2. The van der Waals surface area contributed by atoms with Crippen LogP contribution in [0.2, 0.25) is 0 Å². The summed E-state index contributed by atoms with van der Waals surface area (Å²) in [7, 11) is 3.24. The average molecular weight is 304 g/mol. The maximum Gasteiger partial charge on any atom is 0.178 e. The number of fused-ring (bicyclic) bond motifs is 1. The highest BCUT2D eigenvalue weighted by atomic mass is 32.1. The molecule has 2 aromatic heterocycles. The predicted octanol–water partition coefficient (Wildman–Crippen LogP) is 2.61. The van der Waals surface area contributed by atoms with Gasteiger partial charge in [-0.05, 0) is 18.3 Å².